The molecule has 1 aromatic heterocycles. The molecule has 1 aliphatic rings. The van der Waals surface area contributed by atoms with Crippen molar-refractivity contribution in [1.29, 1.82) is 0 Å². The standard InChI is InChI=1S/C15H24N2O2S/c1-10(2)17-15(14(16)18)7-4-5-12(9-15)20-13-6-8-19-11(13)3/h6,8,10,12,17H,4-5,7,9H2,1-3H3,(H2,16,18). The Morgan fingerprint density at radius 2 is 2.35 bits per heavy atom. The van der Waals surface area contributed by atoms with E-state index >= 15 is 0 Å². The van der Waals surface area contributed by atoms with Crippen LogP contribution in [0.3, 0.4) is 0 Å². The summed E-state index contributed by atoms with van der Waals surface area (Å²) in [5.41, 5.74) is 5.13. The fourth-order valence-electron chi connectivity index (χ4n) is 2.98. The van der Waals surface area contributed by atoms with Crippen LogP contribution in [0.2, 0.25) is 0 Å². The predicted molar refractivity (Wildman–Crippen MR) is 81.8 cm³/mol. The van der Waals surface area contributed by atoms with Gasteiger partial charge in [-0.25, -0.2) is 0 Å². The molecular weight excluding hydrogens is 272 g/mol. The van der Waals surface area contributed by atoms with Gasteiger partial charge in [0, 0.05) is 16.2 Å². The van der Waals surface area contributed by atoms with Crippen LogP contribution in [0.1, 0.15) is 45.3 Å². The van der Waals surface area contributed by atoms with Crippen molar-refractivity contribution in [1.82, 2.24) is 5.32 Å². The molecule has 0 aromatic carbocycles. The Morgan fingerprint density at radius 1 is 1.60 bits per heavy atom. The molecule has 20 heavy (non-hydrogen) atoms. The van der Waals surface area contributed by atoms with Crippen LogP contribution < -0.4 is 11.1 Å². The minimum atomic E-state index is -0.554. The first-order valence-corrected chi connectivity index (χ1v) is 8.09. The monoisotopic (exact) mass is 296 g/mol. The first-order chi connectivity index (χ1) is 9.43. The van der Waals surface area contributed by atoms with Gasteiger partial charge in [-0.15, -0.1) is 11.8 Å². The number of rotatable bonds is 5. The minimum Gasteiger partial charge on any atom is -0.468 e. The van der Waals surface area contributed by atoms with Crippen molar-refractivity contribution in [3.05, 3.63) is 18.1 Å². The number of nitrogens with one attached hydrogen (secondary N) is 1. The molecule has 0 saturated heterocycles. The predicted octanol–water partition coefficient (Wildman–Crippen LogP) is 2.84. The third kappa shape index (κ3) is 3.38. The number of nitrogens with two attached hydrogens (primary N) is 1. The summed E-state index contributed by atoms with van der Waals surface area (Å²) in [6.45, 7) is 6.09. The molecule has 0 bridgehead atoms. The van der Waals surface area contributed by atoms with Crippen molar-refractivity contribution in [3.63, 3.8) is 0 Å². The lowest BCUT2D eigenvalue weighted by atomic mass is 9.80. The van der Waals surface area contributed by atoms with E-state index < -0.39 is 5.54 Å². The Balaban J connectivity index is 2.09. The average Bonchev–Trinajstić information content (AvgIpc) is 2.74. The molecule has 1 amide bonds. The highest BCUT2D eigenvalue weighted by Crippen LogP contribution is 2.39. The van der Waals surface area contributed by atoms with E-state index in [0.29, 0.717) is 5.25 Å². The number of carbonyl (C=O) groups is 1. The molecule has 5 heteroatoms. The van der Waals surface area contributed by atoms with Crippen molar-refractivity contribution < 1.29 is 9.21 Å². The Morgan fingerprint density at radius 3 is 2.90 bits per heavy atom. The molecule has 4 nitrogen and oxygen atoms in total. The number of amides is 1. The summed E-state index contributed by atoms with van der Waals surface area (Å²) in [5.74, 6) is 0.725. The zero-order valence-corrected chi connectivity index (χ0v) is 13.3. The van der Waals surface area contributed by atoms with Crippen molar-refractivity contribution >= 4 is 17.7 Å². The van der Waals surface area contributed by atoms with E-state index in [1.807, 2.05) is 13.0 Å². The molecule has 0 radical (unpaired) electrons. The van der Waals surface area contributed by atoms with Gasteiger partial charge in [-0.3, -0.25) is 4.79 Å². The van der Waals surface area contributed by atoms with Gasteiger partial charge in [0.1, 0.15) is 5.76 Å². The third-order valence-electron chi connectivity index (χ3n) is 3.85. The molecule has 1 heterocycles. The minimum absolute atomic E-state index is 0.222. The molecule has 1 aliphatic carbocycles. The maximum atomic E-state index is 12.0. The number of hydrogen-bond acceptors (Lipinski definition) is 4. The van der Waals surface area contributed by atoms with Crippen LogP contribution in [0.25, 0.3) is 0 Å². The fraction of sp³-hybridized carbons (Fsp3) is 0.667. The first kappa shape index (κ1) is 15.4. The Hall–Kier alpha value is -0.940. The SMILES string of the molecule is Cc1occc1SC1CCCC(NC(C)C)(C(N)=O)C1. The second kappa shape index (κ2) is 6.22. The highest BCUT2D eigenvalue weighted by atomic mass is 32.2. The summed E-state index contributed by atoms with van der Waals surface area (Å²) in [6.07, 6.45) is 5.48. The van der Waals surface area contributed by atoms with Crippen LogP contribution >= 0.6 is 11.8 Å². The lowest BCUT2D eigenvalue weighted by Crippen LogP contribution is -2.60. The number of carbonyl (C=O) groups excluding carboxylic acids is 1. The average molecular weight is 296 g/mol. The van der Waals surface area contributed by atoms with E-state index in [2.05, 4.69) is 19.2 Å². The van der Waals surface area contributed by atoms with E-state index in [-0.39, 0.29) is 11.9 Å². The van der Waals surface area contributed by atoms with E-state index in [1.165, 1.54) is 4.90 Å². The summed E-state index contributed by atoms with van der Waals surface area (Å²) in [6, 6.07) is 2.25. The Kier molecular flexibility index (Phi) is 4.81. The number of primary amides is 1. The van der Waals surface area contributed by atoms with Gasteiger partial charge in [0.15, 0.2) is 0 Å². The molecule has 3 N–H and O–H groups in total. The number of furan rings is 1. The van der Waals surface area contributed by atoms with Gasteiger partial charge < -0.3 is 15.5 Å². The van der Waals surface area contributed by atoms with Crippen molar-refractivity contribution in [2.75, 3.05) is 0 Å². The van der Waals surface area contributed by atoms with Gasteiger partial charge in [-0.05, 0) is 52.5 Å². The number of hydrogen-bond donors (Lipinski definition) is 2. The molecule has 2 atom stereocenters. The van der Waals surface area contributed by atoms with E-state index in [9.17, 15) is 4.79 Å². The summed E-state index contributed by atoms with van der Waals surface area (Å²) in [5, 5.41) is 3.81. The largest absolute Gasteiger partial charge is 0.468 e. The highest BCUT2D eigenvalue weighted by molar-refractivity contribution is 8.00. The van der Waals surface area contributed by atoms with Crippen LogP contribution in [-0.4, -0.2) is 22.7 Å². The Bertz CT molecular complexity index is 472. The number of aryl methyl sites for hydroxylation is 1. The van der Waals surface area contributed by atoms with Crippen LogP contribution in [0.5, 0.6) is 0 Å². The van der Waals surface area contributed by atoms with Gasteiger partial charge in [-0.2, -0.15) is 0 Å². The van der Waals surface area contributed by atoms with Crippen LogP contribution in [0, 0.1) is 6.92 Å². The van der Waals surface area contributed by atoms with Gasteiger partial charge in [-0.1, -0.05) is 0 Å². The first-order valence-electron chi connectivity index (χ1n) is 7.21. The second-order valence-corrected chi connectivity index (χ2v) is 7.26. The Labute approximate surface area is 124 Å². The molecule has 1 saturated carbocycles. The van der Waals surface area contributed by atoms with Gasteiger partial charge in [0.25, 0.3) is 0 Å². The van der Waals surface area contributed by atoms with Crippen LogP contribution in [-0.2, 0) is 4.79 Å². The summed E-state index contributed by atoms with van der Waals surface area (Å²) in [7, 11) is 0. The molecule has 2 unspecified atom stereocenters. The normalized spacial score (nSPS) is 26.9. The molecular formula is C15H24N2O2S. The quantitative estimate of drug-likeness (QED) is 0.876. The maximum absolute atomic E-state index is 12.0. The van der Waals surface area contributed by atoms with E-state index in [0.717, 1.165) is 31.4 Å². The van der Waals surface area contributed by atoms with Gasteiger partial charge in [0.2, 0.25) is 5.91 Å². The zero-order valence-electron chi connectivity index (χ0n) is 12.4. The molecule has 0 spiro atoms. The maximum Gasteiger partial charge on any atom is 0.237 e. The molecule has 2 rings (SSSR count). The van der Waals surface area contributed by atoms with Crippen molar-refractivity contribution in [2.24, 2.45) is 5.73 Å². The fourth-order valence-corrected chi connectivity index (χ4v) is 4.34. The number of thioether (sulfide) groups is 1. The molecule has 0 aliphatic heterocycles. The lowest BCUT2D eigenvalue weighted by Gasteiger charge is -2.40. The van der Waals surface area contributed by atoms with E-state index in [4.69, 9.17) is 10.2 Å². The molecule has 1 fully saturated rings. The van der Waals surface area contributed by atoms with Crippen molar-refractivity contribution in [2.45, 2.75) is 68.2 Å². The van der Waals surface area contributed by atoms with E-state index in [1.54, 1.807) is 18.0 Å². The third-order valence-corrected chi connectivity index (χ3v) is 5.26. The highest BCUT2D eigenvalue weighted by Gasteiger charge is 2.42. The smallest absolute Gasteiger partial charge is 0.237 e. The molecule has 112 valence electrons. The van der Waals surface area contributed by atoms with Gasteiger partial charge >= 0.3 is 0 Å². The summed E-state index contributed by atoms with van der Waals surface area (Å²) >= 11 is 1.80. The topological polar surface area (TPSA) is 68.3 Å². The van der Waals surface area contributed by atoms with Crippen LogP contribution in [0.4, 0.5) is 0 Å². The molecule has 1 aromatic rings. The lowest BCUT2D eigenvalue weighted by molar-refractivity contribution is -0.126. The van der Waals surface area contributed by atoms with Gasteiger partial charge in [0.05, 0.1) is 11.8 Å². The van der Waals surface area contributed by atoms with Crippen molar-refractivity contribution in [3.8, 4) is 0 Å². The summed E-state index contributed by atoms with van der Waals surface area (Å²) in [4.78, 5) is 13.1. The summed E-state index contributed by atoms with van der Waals surface area (Å²) < 4.78 is 5.34. The zero-order chi connectivity index (χ0) is 14.8. The second-order valence-electron chi connectivity index (χ2n) is 5.92. The van der Waals surface area contributed by atoms with Crippen LogP contribution in [0.15, 0.2) is 21.6 Å².